The number of fused-ring (bicyclic) bond motifs is 2. The molecule has 2 atom stereocenters. The Labute approximate surface area is 127 Å². The molecule has 0 spiro atoms. The second-order valence-corrected chi connectivity index (χ2v) is 5.27. The van der Waals surface area contributed by atoms with Gasteiger partial charge >= 0.3 is 0 Å². The van der Waals surface area contributed by atoms with Crippen LogP contribution in [-0.4, -0.2) is 45.7 Å². The molecule has 2 bridgehead atoms. The second kappa shape index (κ2) is 6.15. The summed E-state index contributed by atoms with van der Waals surface area (Å²) in [5.74, 6) is -0.857. The third kappa shape index (κ3) is 2.94. The highest BCUT2D eigenvalue weighted by atomic mass is 16.7. The minimum Gasteiger partial charge on any atom is -0.505 e. The van der Waals surface area contributed by atoms with E-state index >= 15 is 0 Å². The minimum absolute atomic E-state index is 0.00645. The maximum Gasteiger partial charge on any atom is 0.273 e. The number of carbonyl (C=O) groups excluding carboxylic acids is 2. The first-order valence-electron chi connectivity index (χ1n) is 7.24. The average molecular weight is 303 g/mol. The van der Waals surface area contributed by atoms with Gasteiger partial charge in [-0.3, -0.25) is 14.4 Å². The molecule has 116 valence electrons. The predicted molar refractivity (Wildman–Crippen MR) is 76.7 cm³/mol. The van der Waals surface area contributed by atoms with Crippen LogP contribution in [0, 0.1) is 0 Å². The van der Waals surface area contributed by atoms with Gasteiger partial charge in [0.15, 0.2) is 5.69 Å². The normalized spacial score (nSPS) is 22.6. The van der Waals surface area contributed by atoms with E-state index in [9.17, 15) is 14.7 Å². The van der Waals surface area contributed by atoms with E-state index in [1.165, 1.54) is 23.4 Å². The van der Waals surface area contributed by atoms with Crippen LogP contribution in [-0.2, 0) is 9.63 Å². The van der Waals surface area contributed by atoms with Crippen molar-refractivity contribution < 1.29 is 19.5 Å². The second-order valence-electron chi connectivity index (χ2n) is 5.27. The largest absolute Gasteiger partial charge is 0.505 e. The number of aromatic nitrogens is 1. The Hall–Kier alpha value is -2.41. The molecule has 1 aromatic heterocycles. The van der Waals surface area contributed by atoms with Crippen LogP contribution in [0.25, 0.3) is 0 Å². The summed E-state index contributed by atoms with van der Waals surface area (Å²) in [5, 5.41) is 13.5. The first-order chi connectivity index (χ1) is 10.6. The number of hydrogen-bond donors (Lipinski definition) is 2. The lowest BCUT2D eigenvalue weighted by molar-refractivity contribution is -0.230. The number of nitrogens with one attached hydrogen (secondary N) is 1. The van der Waals surface area contributed by atoms with Crippen molar-refractivity contribution >= 4 is 11.8 Å². The zero-order chi connectivity index (χ0) is 15.5. The number of hydroxylamine groups is 2. The highest BCUT2D eigenvalue weighted by Gasteiger charge is 2.33. The van der Waals surface area contributed by atoms with Crippen molar-refractivity contribution in [1.82, 2.24) is 15.4 Å². The van der Waals surface area contributed by atoms with E-state index in [0.717, 1.165) is 12.8 Å². The molecule has 2 N–H and O–H groups in total. The number of amides is 2. The van der Waals surface area contributed by atoms with Crippen LogP contribution in [0.3, 0.4) is 0 Å². The van der Waals surface area contributed by atoms with Gasteiger partial charge in [0.25, 0.3) is 5.91 Å². The lowest BCUT2D eigenvalue weighted by atomic mass is 9.98. The number of hydrogen-bond acceptors (Lipinski definition) is 5. The molecule has 1 saturated heterocycles. The lowest BCUT2D eigenvalue weighted by Gasteiger charge is -2.40. The Morgan fingerprint density at radius 2 is 2.27 bits per heavy atom. The Morgan fingerprint density at radius 3 is 2.91 bits per heavy atom. The highest BCUT2D eigenvalue weighted by Crippen LogP contribution is 2.27. The Morgan fingerprint density at radius 1 is 1.41 bits per heavy atom. The van der Waals surface area contributed by atoms with Crippen LogP contribution in [0.5, 0.6) is 5.75 Å². The van der Waals surface area contributed by atoms with Gasteiger partial charge in [-0.15, -0.1) is 0 Å². The predicted octanol–water partition coefficient (Wildman–Crippen LogP) is 0.768. The molecule has 2 unspecified atom stereocenters. The molecule has 7 heteroatoms. The molecule has 1 aliphatic carbocycles. The number of pyridine rings is 1. The van der Waals surface area contributed by atoms with Gasteiger partial charge in [0.2, 0.25) is 5.91 Å². The zero-order valence-corrected chi connectivity index (χ0v) is 11.9. The average Bonchev–Trinajstić information content (AvgIpc) is 2.56. The molecule has 4 rings (SSSR count). The maximum absolute atomic E-state index is 12.1. The summed E-state index contributed by atoms with van der Waals surface area (Å²) in [6, 6.07) is 2.91. The molecule has 3 aliphatic rings. The zero-order valence-electron chi connectivity index (χ0n) is 11.9. The van der Waals surface area contributed by atoms with E-state index in [0.29, 0.717) is 0 Å². The molecule has 2 amide bonds. The number of carbonyl (C=O) groups is 2. The van der Waals surface area contributed by atoms with Gasteiger partial charge in [-0.1, -0.05) is 12.2 Å². The lowest BCUT2D eigenvalue weighted by Crippen LogP contribution is -2.49. The molecule has 22 heavy (non-hydrogen) atoms. The molecule has 1 fully saturated rings. The SMILES string of the molecule is O=C(NCCC(=O)N1OC2C=CC1CC2)c1ncccc1O. The van der Waals surface area contributed by atoms with Crippen molar-refractivity contribution in [2.45, 2.75) is 31.4 Å². The van der Waals surface area contributed by atoms with Crippen molar-refractivity contribution in [1.29, 1.82) is 0 Å². The van der Waals surface area contributed by atoms with Gasteiger partial charge in [-0.2, -0.15) is 0 Å². The molecule has 0 aromatic carbocycles. The summed E-state index contributed by atoms with van der Waals surface area (Å²) in [4.78, 5) is 33.3. The van der Waals surface area contributed by atoms with E-state index in [-0.39, 0.29) is 42.5 Å². The van der Waals surface area contributed by atoms with E-state index in [2.05, 4.69) is 10.3 Å². The molecule has 2 aliphatic heterocycles. The van der Waals surface area contributed by atoms with E-state index in [1.807, 2.05) is 12.2 Å². The van der Waals surface area contributed by atoms with Crippen molar-refractivity contribution in [2.75, 3.05) is 6.54 Å². The van der Waals surface area contributed by atoms with Gasteiger partial charge in [0, 0.05) is 19.2 Å². The molecular formula is C15H17N3O4. The standard InChI is InChI=1S/C15H17N3O4/c19-12-2-1-8-16-14(12)15(21)17-9-7-13(20)18-10-3-5-11(22-18)6-4-10/h1-3,5,8,10-11,19H,4,6-7,9H2,(H,17,21). The van der Waals surface area contributed by atoms with Gasteiger partial charge in [-0.25, -0.2) is 10.0 Å². The molecule has 1 aromatic rings. The first-order valence-corrected chi connectivity index (χ1v) is 7.24. The van der Waals surface area contributed by atoms with E-state index in [1.54, 1.807) is 0 Å². The maximum atomic E-state index is 12.1. The third-order valence-electron chi connectivity index (χ3n) is 3.72. The fourth-order valence-electron chi connectivity index (χ4n) is 2.58. The van der Waals surface area contributed by atoms with Crippen LogP contribution < -0.4 is 5.32 Å². The highest BCUT2D eigenvalue weighted by molar-refractivity contribution is 5.94. The van der Waals surface area contributed by atoms with Gasteiger partial charge < -0.3 is 10.4 Å². The quantitative estimate of drug-likeness (QED) is 0.802. The van der Waals surface area contributed by atoms with Gasteiger partial charge in [0.1, 0.15) is 11.9 Å². The Balaban J connectivity index is 1.49. The summed E-state index contributed by atoms with van der Waals surface area (Å²) in [7, 11) is 0. The summed E-state index contributed by atoms with van der Waals surface area (Å²) in [6.45, 7) is 0.161. The Kier molecular flexibility index (Phi) is 4.06. The van der Waals surface area contributed by atoms with Crippen LogP contribution in [0.4, 0.5) is 0 Å². The molecule has 3 heterocycles. The van der Waals surface area contributed by atoms with Crippen molar-refractivity contribution in [2.24, 2.45) is 0 Å². The molecular weight excluding hydrogens is 286 g/mol. The molecule has 0 radical (unpaired) electrons. The van der Waals surface area contributed by atoms with Crippen LogP contribution >= 0.6 is 0 Å². The summed E-state index contributed by atoms with van der Waals surface area (Å²) >= 11 is 0. The summed E-state index contributed by atoms with van der Waals surface area (Å²) in [5.41, 5.74) is -0.0499. The van der Waals surface area contributed by atoms with Crippen molar-refractivity contribution in [3.8, 4) is 5.75 Å². The topological polar surface area (TPSA) is 91.8 Å². The van der Waals surface area contributed by atoms with E-state index < -0.39 is 5.91 Å². The summed E-state index contributed by atoms with van der Waals surface area (Å²) in [6.07, 6.45) is 7.33. The number of nitrogens with zero attached hydrogens (tertiary/aromatic N) is 2. The fourth-order valence-corrected chi connectivity index (χ4v) is 2.58. The monoisotopic (exact) mass is 303 g/mol. The number of rotatable bonds is 4. The smallest absolute Gasteiger partial charge is 0.273 e. The van der Waals surface area contributed by atoms with Gasteiger partial charge in [-0.05, 0) is 25.0 Å². The van der Waals surface area contributed by atoms with Crippen molar-refractivity contribution in [3.05, 3.63) is 36.2 Å². The van der Waals surface area contributed by atoms with Crippen molar-refractivity contribution in [3.63, 3.8) is 0 Å². The van der Waals surface area contributed by atoms with Crippen LogP contribution in [0.15, 0.2) is 30.5 Å². The Bertz CT molecular complexity index is 617. The summed E-state index contributed by atoms with van der Waals surface area (Å²) < 4.78 is 0. The fraction of sp³-hybridized carbons (Fsp3) is 0.400. The third-order valence-corrected chi connectivity index (χ3v) is 3.72. The number of aromatic hydroxyl groups is 1. The minimum atomic E-state index is -0.508. The first kappa shape index (κ1) is 14.5. The molecule has 0 saturated carbocycles. The van der Waals surface area contributed by atoms with E-state index in [4.69, 9.17) is 4.84 Å². The van der Waals surface area contributed by atoms with Crippen LogP contribution in [0.2, 0.25) is 0 Å². The van der Waals surface area contributed by atoms with Gasteiger partial charge in [0.05, 0.1) is 6.04 Å². The van der Waals surface area contributed by atoms with Crippen LogP contribution in [0.1, 0.15) is 29.8 Å². The molecule has 7 nitrogen and oxygen atoms in total.